The van der Waals surface area contributed by atoms with Gasteiger partial charge in [0.15, 0.2) is 0 Å². The van der Waals surface area contributed by atoms with Gasteiger partial charge >= 0.3 is 0 Å². The summed E-state index contributed by atoms with van der Waals surface area (Å²) in [4.78, 5) is 14.9. The Labute approximate surface area is 123 Å². The molecular weight excluding hydrogens is 250 g/mol. The zero-order valence-corrected chi connectivity index (χ0v) is 13.4. The largest absolute Gasteiger partial charge is 0.354 e. The molecule has 4 heteroatoms. The molecule has 0 spiro atoms. The van der Waals surface area contributed by atoms with E-state index in [0.717, 1.165) is 26.1 Å². The molecule has 20 heavy (non-hydrogen) atoms. The van der Waals surface area contributed by atoms with E-state index >= 15 is 0 Å². The lowest BCUT2D eigenvalue weighted by atomic mass is 9.77. The van der Waals surface area contributed by atoms with Crippen LogP contribution < -0.4 is 10.6 Å². The lowest BCUT2D eigenvalue weighted by molar-refractivity contribution is -0.127. The van der Waals surface area contributed by atoms with Crippen LogP contribution in [-0.2, 0) is 4.79 Å². The smallest absolute Gasteiger partial charge is 0.237 e. The van der Waals surface area contributed by atoms with E-state index in [0.29, 0.717) is 5.92 Å². The summed E-state index contributed by atoms with van der Waals surface area (Å²) >= 11 is 0. The van der Waals surface area contributed by atoms with Crippen molar-refractivity contribution in [2.24, 2.45) is 11.3 Å². The maximum absolute atomic E-state index is 12.4. The van der Waals surface area contributed by atoms with Gasteiger partial charge in [-0.15, -0.1) is 0 Å². The van der Waals surface area contributed by atoms with E-state index in [1.807, 2.05) is 0 Å². The summed E-state index contributed by atoms with van der Waals surface area (Å²) in [6, 6.07) is -0.0322. The molecule has 0 radical (unpaired) electrons. The monoisotopic (exact) mass is 281 g/mol. The van der Waals surface area contributed by atoms with Crippen LogP contribution in [0.25, 0.3) is 0 Å². The Morgan fingerprint density at radius 2 is 2.05 bits per heavy atom. The molecule has 0 aromatic rings. The number of piperidine rings is 1. The highest BCUT2D eigenvalue weighted by Crippen LogP contribution is 2.30. The molecule has 116 valence electrons. The molecule has 2 rings (SSSR count). The highest BCUT2D eigenvalue weighted by Gasteiger charge is 2.36. The van der Waals surface area contributed by atoms with Crippen LogP contribution in [-0.4, -0.2) is 49.6 Å². The third-order valence-electron chi connectivity index (χ3n) is 4.78. The average molecular weight is 281 g/mol. The maximum Gasteiger partial charge on any atom is 0.237 e. The topological polar surface area (TPSA) is 44.4 Å². The fourth-order valence-corrected chi connectivity index (χ4v) is 3.51. The minimum Gasteiger partial charge on any atom is -0.354 e. The molecular formula is C16H31N3O. The average Bonchev–Trinajstić information content (AvgIpc) is 2.88. The number of carbonyl (C=O) groups is 1. The molecule has 2 aliphatic heterocycles. The van der Waals surface area contributed by atoms with Crippen molar-refractivity contribution in [1.82, 2.24) is 15.5 Å². The summed E-state index contributed by atoms with van der Waals surface area (Å²) in [6.45, 7) is 12.0. The van der Waals surface area contributed by atoms with Gasteiger partial charge in [-0.1, -0.05) is 20.8 Å². The van der Waals surface area contributed by atoms with Crippen LogP contribution >= 0.6 is 0 Å². The van der Waals surface area contributed by atoms with Crippen LogP contribution in [0.3, 0.4) is 0 Å². The molecule has 0 aromatic carbocycles. The lowest BCUT2D eigenvalue weighted by Gasteiger charge is -2.38. The molecule has 0 aliphatic carbocycles. The highest BCUT2D eigenvalue weighted by molar-refractivity contribution is 5.82. The highest BCUT2D eigenvalue weighted by atomic mass is 16.2. The second-order valence-corrected chi connectivity index (χ2v) is 7.34. The van der Waals surface area contributed by atoms with Gasteiger partial charge in [0.2, 0.25) is 5.91 Å². The second-order valence-electron chi connectivity index (χ2n) is 7.34. The minimum absolute atomic E-state index is 0.0322. The summed E-state index contributed by atoms with van der Waals surface area (Å²) in [5.41, 5.74) is 0.0700. The van der Waals surface area contributed by atoms with Crippen molar-refractivity contribution in [2.45, 2.75) is 52.5 Å². The van der Waals surface area contributed by atoms with E-state index in [4.69, 9.17) is 0 Å². The van der Waals surface area contributed by atoms with Gasteiger partial charge in [0, 0.05) is 13.1 Å². The molecule has 0 saturated carbocycles. The molecule has 0 aromatic heterocycles. The maximum atomic E-state index is 12.4. The number of nitrogens with zero attached hydrogens (tertiary/aromatic N) is 1. The molecule has 2 heterocycles. The molecule has 1 amide bonds. The van der Waals surface area contributed by atoms with E-state index in [9.17, 15) is 4.79 Å². The van der Waals surface area contributed by atoms with Gasteiger partial charge in [0.05, 0.1) is 6.04 Å². The quantitative estimate of drug-likeness (QED) is 0.805. The lowest BCUT2D eigenvalue weighted by Crippen LogP contribution is -2.56. The van der Waals surface area contributed by atoms with Crippen molar-refractivity contribution in [1.29, 1.82) is 0 Å². The normalized spacial score (nSPS) is 28.2. The van der Waals surface area contributed by atoms with Gasteiger partial charge < -0.3 is 15.5 Å². The Kier molecular flexibility index (Phi) is 5.44. The summed E-state index contributed by atoms with van der Waals surface area (Å²) < 4.78 is 0. The fourth-order valence-electron chi connectivity index (χ4n) is 3.51. The van der Waals surface area contributed by atoms with E-state index in [1.54, 1.807) is 0 Å². The molecule has 2 unspecified atom stereocenters. The van der Waals surface area contributed by atoms with Crippen molar-refractivity contribution in [3.8, 4) is 0 Å². The first kappa shape index (κ1) is 15.8. The number of nitrogens with one attached hydrogen (secondary N) is 2. The van der Waals surface area contributed by atoms with Gasteiger partial charge in [-0.05, 0) is 56.7 Å². The molecule has 2 saturated heterocycles. The van der Waals surface area contributed by atoms with Crippen molar-refractivity contribution < 1.29 is 4.79 Å². The molecule has 2 atom stereocenters. The third kappa shape index (κ3) is 4.19. The standard InChI is InChI=1S/C16H31N3O/c1-13(12-19-9-4-5-10-19)11-18-15(20)14-16(2,3)7-6-8-17-14/h13-14,17H,4-12H2,1-3H3,(H,18,20). The van der Waals surface area contributed by atoms with E-state index in [-0.39, 0.29) is 17.4 Å². The predicted octanol–water partition coefficient (Wildman–Crippen LogP) is 1.61. The summed E-state index contributed by atoms with van der Waals surface area (Å²) in [6.07, 6.45) is 4.96. The number of hydrogen-bond acceptors (Lipinski definition) is 3. The molecule has 2 aliphatic rings. The van der Waals surface area contributed by atoms with Crippen LogP contribution in [0, 0.1) is 11.3 Å². The van der Waals surface area contributed by atoms with Gasteiger partial charge in [-0.25, -0.2) is 0 Å². The number of hydrogen-bond donors (Lipinski definition) is 2. The Bertz CT molecular complexity index is 324. The first-order chi connectivity index (χ1) is 9.49. The van der Waals surface area contributed by atoms with Gasteiger partial charge in [0.1, 0.15) is 0 Å². The van der Waals surface area contributed by atoms with Crippen molar-refractivity contribution in [2.75, 3.05) is 32.7 Å². The van der Waals surface area contributed by atoms with E-state index < -0.39 is 0 Å². The predicted molar refractivity (Wildman–Crippen MR) is 82.7 cm³/mol. The molecule has 4 nitrogen and oxygen atoms in total. The zero-order chi connectivity index (χ0) is 14.6. The van der Waals surface area contributed by atoms with Gasteiger partial charge in [0.25, 0.3) is 0 Å². The van der Waals surface area contributed by atoms with Crippen LogP contribution in [0.4, 0.5) is 0 Å². The van der Waals surface area contributed by atoms with Crippen LogP contribution in [0.15, 0.2) is 0 Å². The van der Waals surface area contributed by atoms with Gasteiger partial charge in [-0.3, -0.25) is 4.79 Å². The first-order valence-corrected chi connectivity index (χ1v) is 8.22. The third-order valence-corrected chi connectivity index (χ3v) is 4.78. The van der Waals surface area contributed by atoms with Crippen molar-refractivity contribution in [3.63, 3.8) is 0 Å². The first-order valence-electron chi connectivity index (χ1n) is 8.22. The SMILES string of the molecule is CC(CNC(=O)C1NCCCC1(C)C)CN1CCCC1. The number of rotatable bonds is 5. The second kappa shape index (κ2) is 6.90. The molecule has 2 N–H and O–H groups in total. The summed E-state index contributed by atoms with van der Waals surface area (Å²) in [7, 11) is 0. The Morgan fingerprint density at radius 3 is 2.70 bits per heavy atom. The van der Waals surface area contributed by atoms with Crippen LogP contribution in [0.2, 0.25) is 0 Å². The fraction of sp³-hybridized carbons (Fsp3) is 0.938. The molecule has 0 bridgehead atoms. The van der Waals surface area contributed by atoms with Crippen molar-refractivity contribution >= 4 is 5.91 Å². The van der Waals surface area contributed by atoms with E-state index in [2.05, 4.69) is 36.3 Å². The Balaban J connectivity index is 1.73. The van der Waals surface area contributed by atoms with Crippen LogP contribution in [0.5, 0.6) is 0 Å². The molecule has 2 fully saturated rings. The number of carbonyl (C=O) groups excluding carboxylic acids is 1. The zero-order valence-electron chi connectivity index (χ0n) is 13.4. The Morgan fingerprint density at radius 1 is 1.35 bits per heavy atom. The number of amides is 1. The summed E-state index contributed by atoms with van der Waals surface area (Å²) in [5.74, 6) is 0.715. The van der Waals surface area contributed by atoms with Crippen molar-refractivity contribution in [3.05, 3.63) is 0 Å². The minimum atomic E-state index is -0.0322. The van der Waals surface area contributed by atoms with Crippen LogP contribution in [0.1, 0.15) is 46.5 Å². The Hall–Kier alpha value is -0.610. The van der Waals surface area contributed by atoms with E-state index in [1.165, 1.54) is 32.4 Å². The number of likely N-dealkylation sites (tertiary alicyclic amines) is 1. The summed E-state index contributed by atoms with van der Waals surface area (Å²) in [5, 5.41) is 6.54. The van der Waals surface area contributed by atoms with Gasteiger partial charge in [-0.2, -0.15) is 0 Å².